The lowest BCUT2D eigenvalue weighted by Crippen LogP contribution is -2.26. The number of pyridine rings is 1. The molecule has 1 aliphatic heterocycles. The Hall–Kier alpha value is -1.09. The summed E-state index contributed by atoms with van der Waals surface area (Å²) >= 11 is 0. The number of hydrogen-bond acceptors (Lipinski definition) is 3. The SMILES string of the molecule is CCCNc1cc(CN2CC(C)CC2C)ccn1. The molecule has 2 rings (SSSR count). The summed E-state index contributed by atoms with van der Waals surface area (Å²) in [4.78, 5) is 6.93. The first kappa shape index (κ1) is 13.3. The largest absolute Gasteiger partial charge is 0.370 e. The predicted octanol–water partition coefficient (Wildman–Crippen LogP) is 3.13. The van der Waals surface area contributed by atoms with E-state index >= 15 is 0 Å². The highest BCUT2D eigenvalue weighted by molar-refractivity contribution is 5.37. The van der Waals surface area contributed by atoms with Gasteiger partial charge >= 0.3 is 0 Å². The summed E-state index contributed by atoms with van der Waals surface area (Å²) in [5.74, 6) is 1.84. The van der Waals surface area contributed by atoms with Crippen LogP contribution in [0.5, 0.6) is 0 Å². The second-order valence-electron chi connectivity index (χ2n) is 5.60. The Morgan fingerprint density at radius 1 is 1.44 bits per heavy atom. The van der Waals surface area contributed by atoms with Gasteiger partial charge in [-0.2, -0.15) is 0 Å². The molecule has 2 atom stereocenters. The molecule has 1 aromatic heterocycles. The fraction of sp³-hybridized carbons (Fsp3) is 0.667. The van der Waals surface area contributed by atoms with E-state index in [0.717, 1.165) is 31.2 Å². The van der Waals surface area contributed by atoms with Crippen LogP contribution in [0.15, 0.2) is 18.3 Å². The number of nitrogens with one attached hydrogen (secondary N) is 1. The summed E-state index contributed by atoms with van der Waals surface area (Å²) in [6.45, 7) is 10.1. The third kappa shape index (κ3) is 3.45. The van der Waals surface area contributed by atoms with Crippen molar-refractivity contribution in [2.75, 3.05) is 18.4 Å². The number of rotatable bonds is 5. The van der Waals surface area contributed by atoms with Gasteiger partial charge in [-0.25, -0.2) is 4.98 Å². The quantitative estimate of drug-likeness (QED) is 0.866. The fourth-order valence-electron chi connectivity index (χ4n) is 2.76. The van der Waals surface area contributed by atoms with Gasteiger partial charge in [0.15, 0.2) is 0 Å². The molecule has 0 aliphatic carbocycles. The summed E-state index contributed by atoms with van der Waals surface area (Å²) < 4.78 is 0. The Bertz CT molecular complexity index is 378. The molecule has 100 valence electrons. The van der Waals surface area contributed by atoms with Gasteiger partial charge in [-0.1, -0.05) is 13.8 Å². The third-order valence-electron chi connectivity index (χ3n) is 3.68. The molecular formula is C15H25N3. The van der Waals surface area contributed by atoms with Gasteiger partial charge in [-0.05, 0) is 43.4 Å². The van der Waals surface area contributed by atoms with Crippen molar-refractivity contribution in [2.24, 2.45) is 5.92 Å². The highest BCUT2D eigenvalue weighted by Gasteiger charge is 2.25. The van der Waals surface area contributed by atoms with Crippen molar-refractivity contribution in [3.63, 3.8) is 0 Å². The van der Waals surface area contributed by atoms with E-state index in [1.807, 2.05) is 6.20 Å². The van der Waals surface area contributed by atoms with Crippen LogP contribution in [-0.2, 0) is 6.54 Å². The van der Waals surface area contributed by atoms with E-state index in [-0.39, 0.29) is 0 Å². The summed E-state index contributed by atoms with van der Waals surface area (Å²) in [5.41, 5.74) is 1.37. The van der Waals surface area contributed by atoms with Gasteiger partial charge in [0.2, 0.25) is 0 Å². The van der Waals surface area contributed by atoms with Crippen LogP contribution in [0, 0.1) is 5.92 Å². The molecule has 1 aromatic rings. The first-order valence-corrected chi connectivity index (χ1v) is 7.12. The lowest BCUT2D eigenvalue weighted by atomic mass is 10.1. The second kappa shape index (κ2) is 6.19. The van der Waals surface area contributed by atoms with Crippen LogP contribution in [0.4, 0.5) is 5.82 Å². The van der Waals surface area contributed by atoms with E-state index in [9.17, 15) is 0 Å². The molecular weight excluding hydrogens is 222 g/mol. The van der Waals surface area contributed by atoms with Gasteiger partial charge in [0, 0.05) is 31.9 Å². The van der Waals surface area contributed by atoms with Crippen molar-refractivity contribution < 1.29 is 0 Å². The summed E-state index contributed by atoms with van der Waals surface area (Å²) in [7, 11) is 0. The normalized spacial score (nSPS) is 24.4. The number of aromatic nitrogens is 1. The van der Waals surface area contributed by atoms with Crippen molar-refractivity contribution in [1.29, 1.82) is 0 Å². The Morgan fingerprint density at radius 3 is 2.94 bits per heavy atom. The highest BCUT2D eigenvalue weighted by atomic mass is 15.2. The average Bonchev–Trinajstić information content (AvgIpc) is 2.66. The molecule has 1 aliphatic rings. The molecule has 0 aromatic carbocycles. The standard InChI is InChI=1S/C15H25N3/c1-4-6-16-15-9-14(5-7-17-15)11-18-10-12(2)8-13(18)3/h5,7,9,12-13H,4,6,8,10-11H2,1-3H3,(H,16,17). The maximum absolute atomic E-state index is 4.36. The molecule has 3 heteroatoms. The predicted molar refractivity (Wildman–Crippen MR) is 76.7 cm³/mol. The van der Waals surface area contributed by atoms with Crippen molar-refractivity contribution in [3.8, 4) is 0 Å². The van der Waals surface area contributed by atoms with E-state index < -0.39 is 0 Å². The minimum Gasteiger partial charge on any atom is -0.370 e. The van der Waals surface area contributed by atoms with Crippen LogP contribution in [0.25, 0.3) is 0 Å². The first-order chi connectivity index (χ1) is 8.69. The number of anilines is 1. The summed E-state index contributed by atoms with van der Waals surface area (Å²) in [5, 5.41) is 3.35. The van der Waals surface area contributed by atoms with Crippen LogP contribution in [0.1, 0.15) is 39.2 Å². The lowest BCUT2D eigenvalue weighted by molar-refractivity contribution is 0.256. The number of nitrogens with zero attached hydrogens (tertiary/aromatic N) is 2. The lowest BCUT2D eigenvalue weighted by Gasteiger charge is -2.21. The highest BCUT2D eigenvalue weighted by Crippen LogP contribution is 2.24. The molecule has 0 saturated carbocycles. The molecule has 0 spiro atoms. The molecule has 0 amide bonds. The smallest absolute Gasteiger partial charge is 0.126 e. The number of likely N-dealkylation sites (tertiary alicyclic amines) is 1. The van der Waals surface area contributed by atoms with E-state index in [2.05, 4.69) is 48.1 Å². The van der Waals surface area contributed by atoms with E-state index in [0.29, 0.717) is 6.04 Å². The Kier molecular flexibility index (Phi) is 4.59. The van der Waals surface area contributed by atoms with Gasteiger partial charge in [-0.3, -0.25) is 4.90 Å². The zero-order valence-electron chi connectivity index (χ0n) is 11.8. The first-order valence-electron chi connectivity index (χ1n) is 7.12. The Morgan fingerprint density at radius 2 is 2.28 bits per heavy atom. The molecule has 2 unspecified atom stereocenters. The van der Waals surface area contributed by atoms with Crippen LogP contribution < -0.4 is 5.32 Å². The van der Waals surface area contributed by atoms with Gasteiger partial charge in [0.1, 0.15) is 5.82 Å². The minimum absolute atomic E-state index is 0.709. The monoisotopic (exact) mass is 247 g/mol. The van der Waals surface area contributed by atoms with Crippen LogP contribution in [0.2, 0.25) is 0 Å². The van der Waals surface area contributed by atoms with Crippen LogP contribution in [-0.4, -0.2) is 29.0 Å². The van der Waals surface area contributed by atoms with E-state index in [1.54, 1.807) is 0 Å². The summed E-state index contributed by atoms with van der Waals surface area (Å²) in [6.07, 6.45) is 4.37. The van der Waals surface area contributed by atoms with Gasteiger partial charge in [0.05, 0.1) is 0 Å². The second-order valence-corrected chi connectivity index (χ2v) is 5.60. The maximum Gasteiger partial charge on any atom is 0.126 e. The zero-order chi connectivity index (χ0) is 13.0. The average molecular weight is 247 g/mol. The maximum atomic E-state index is 4.36. The molecule has 1 saturated heterocycles. The topological polar surface area (TPSA) is 28.2 Å². The van der Waals surface area contributed by atoms with Crippen molar-refractivity contribution in [1.82, 2.24) is 9.88 Å². The zero-order valence-corrected chi connectivity index (χ0v) is 11.8. The fourth-order valence-corrected chi connectivity index (χ4v) is 2.76. The van der Waals surface area contributed by atoms with Crippen molar-refractivity contribution in [3.05, 3.63) is 23.9 Å². The molecule has 0 bridgehead atoms. The van der Waals surface area contributed by atoms with Gasteiger partial charge in [-0.15, -0.1) is 0 Å². The summed E-state index contributed by atoms with van der Waals surface area (Å²) in [6, 6.07) is 5.03. The number of hydrogen-bond donors (Lipinski definition) is 1. The van der Waals surface area contributed by atoms with Crippen molar-refractivity contribution in [2.45, 2.75) is 46.2 Å². The Labute approximate surface area is 111 Å². The van der Waals surface area contributed by atoms with E-state index in [4.69, 9.17) is 0 Å². The van der Waals surface area contributed by atoms with Gasteiger partial charge < -0.3 is 5.32 Å². The molecule has 1 N–H and O–H groups in total. The Balaban J connectivity index is 1.96. The van der Waals surface area contributed by atoms with Gasteiger partial charge in [0.25, 0.3) is 0 Å². The van der Waals surface area contributed by atoms with Crippen molar-refractivity contribution >= 4 is 5.82 Å². The van der Waals surface area contributed by atoms with E-state index in [1.165, 1.54) is 18.5 Å². The molecule has 0 radical (unpaired) electrons. The molecule has 2 heterocycles. The van der Waals surface area contributed by atoms with Crippen LogP contribution >= 0.6 is 0 Å². The van der Waals surface area contributed by atoms with Crippen LogP contribution in [0.3, 0.4) is 0 Å². The third-order valence-corrected chi connectivity index (χ3v) is 3.68. The molecule has 1 fully saturated rings. The molecule has 3 nitrogen and oxygen atoms in total. The molecule has 18 heavy (non-hydrogen) atoms. The minimum atomic E-state index is 0.709.